The van der Waals surface area contributed by atoms with Crippen LogP contribution in [0.25, 0.3) is 0 Å². The summed E-state index contributed by atoms with van der Waals surface area (Å²) in [6, 6.07) is 11.3. The highest BCUT2D eigenvalue weighted by molar-refractivity contribution is 8.09. The van der Waals surface area contributed by atoms with Crippen LogP contribution < -0.4 is 20.1 Å². The Bertz CT molecular complexity index is 1040. The van der Waals surface area contributed by atoms with E-state index >= 15 is 0 Å². The van der Waals surface area contributed by atoms with Crippen LogP contribution in [0.5, 0.6) is 0 Å². The smallest absolute Gasteiger partial charge is 0.314 e. The number of carbonyl (C=O) groups excluding carboxylic acids is 2. The number of hydrogen-bond acceptors (Lipinski definition) is 6. The van der Waals surface area contributed by atoms with Gasteiger partial charge in [0, 0.05) is 0 Å². The molecule has 1 aliphatic heterocycles. The number of anilines is 4. The molecule has 142 valence electrons. The van der Waals surface area contributed by atoms with Gasteiger partial charge in [-0.25, -0.2) is 16.8 Å². The van der Waals surface area contributed by atoms with E-state index in [1.807, 2.05) is 0 Å². The molecule has 10 nitrogen and oxygen atoms in total. The lowest BCUT2D eigenvalue weighted by Crippen LogP contribution is -2.29. The molecule has 0 radical (unpaired) electrons. The lowest BCUT2D eigenvalue weighted by atomic mass is 10.2. The molecule has 1 heterocycles. The quantitative estimate of drug-likeness (QED) is 0.470. The third-order valence-electron chi connectivity index (χ3n) is 3.40. The molecule has 4 N–H and O–H groups in total. The highest BCUT2D eigenvalue weighted by atomic mass is 32.3. The largest absolute Gasteiger partial charge is 0.316 e. The fourth-order valence-electron chi connectivity index (χ4n) is 2.32. The summed E-state index contributed by atoms with van der Waals surface area (Å²) < 4.78 is 53.3. The fraction of sp³-hybridized carbons (Fsp3) is 0.0667. The Morgan fingerprint density at radius 1 is 0.593 bits per heavy atom. The molecule has 3 rings (SSSR count). The average molecular weight is 410 g/mol. The molecule has 0 saturated carbocycles. The predicted octanol–water partition coefficient (Wildman–Crippen LogP) is 0.718. The summed E-state index contributed by atoms with van der Waals surface area (Å²) >= 11 is 0. The van der Waals surface area contributed by atoms with E-state index in [9.17, 15) is 26.4 Å². The first-order valence-corrected chi connectivity index (χ1v) is 10.8. The van der Waals surface area contributed by atoms with Crippen molar-refractivity contribution in [3.8, 4) is 0 Å². The standard InChI is InChI=1S/C15H14N4O6S2/c20-14-15(21)17-11-6-2-4-8-13(11)19-27(24,25)9-26(22,23)18-12-7-3-1-5-10(12)16-14/h1-8,18-19H,9H2,(H,16,20)(H,17,21). The van der Waals surface area contributed by atoms with Crippen LogP contribution in [0.15, 0.2) is 48.5 Å². The summed E-state index contributed by atoms with van der Waals surface area (Å²) in [5.41, 5.74) is -0.158. The minimum absolute atomic E-state index is 0.000820. The number of sulfonamides is 2. The van der Waals surface area contributed by atoms with Crippen molar-refractivity contribution in [2.75, 3.05) is 25.2 Å². The molecule has 2 aromatic carbocycles. The van der Waals surface area contributed by atoms with Gasteiger partial charge in [0.2, 0.25) is 20.0 Å². The molecule has 0 bridgehead atoms. The number of amides is 2. The van der Waals surface area contributed by atoms with Crippen LogP contribution in [-0.4, -0.2) is 33.7 Å². The summed E-state index contributed by atoms with van der Waals surface area (Å²) in [5.74, 6) is -2.11. The van der Waals surface area contributed by atoms with Gasteiger partial charge in [0.05, 0.1) is 22.7 Å². The Kier molecular flexibility index (Phi) is 4.76. The van der Waals surface area contributed by atoms with E-state index in [-0.39, 0.29) is 22.7 Å². The molecule has 12 heteroatoms. The van der Waals surface area contributed by atoms with Gasteiger partial charge in [-0.1, -0.05) is 24.3 Å². The van der Waals surface area contributed by atoms with Crippen molar-refractivity contribution in [1.29, 1.82) is 0 Å². The molecule has 0 aliphatic carbocycles. The Morgan fingerprint density at radius 2 is 0.926 bits per heavy atom. The van der Waals surface area contributed by atoms with Crippen molar-refractivity contribution in [1.82, 2.24) is 0 Å². The van der Waals surface area contributed by atoms with E-state index in [4.69, 9.17) is 0 Å². The van der Waals surface area contributed by atoms with Crippen molar-refractivity contribution >= 4 is 54.6 Å². The van der Waals surface area contributed by atoms with E-state index in [0.29, 0.717) is 0 Å². The van der Waals surface area contributed by atoms with Crippen LogP contribution in [-0.2, 0) is 29.6 Å². The average Bonchev–Trinajstić information content (AvgIpc) is 2.56. The number of para-hydroxylation sites is 4. The fourth-order valence-corrected chi connectivity index (χ4v) is 5.45. The molecule has 27 heavy (non-hydrogen) atoms. The van der Waals surface area contributed by atoms with E-state index in [2.05, 4.69) is 20.1 Å². The minimum atomic E-state index is -4.33. The molecule has 1 aliphatic rings. The Morgan fingerprint density at radius 3 is 1.30 bits per heavy atom. The van der Waals surface area contributed by atoms with Crippen LogP contribution in [0, 0.1) is 0 Å². The monoisotopic (exact) mass is 410 g/mol. The van der Waals surface area contributed by atoms with Crippen molar-refractivity contribution in [2.24, 2.45) is 0 Å². The number of fused-ring (bicyclic) bond motifs is 2. The molecule has 0 fully saturated rings. The van der Waals surface area contributed by atoms with Crippen LogP contribution in [0.2, 0.25) is 0 Å². The Labute approximate surface area is 155 Å². The highest BCUT2D eigenvalue weighted by Crippen LogP contribution is 2.26. The SMILES string of the molecule is O=C1Nc2ccccc2NS(=O)(=O)CS(=O)(=O)Nc2ccccc2NC1=O. The normalized spacial score (nSPS) is 18.5. The van der Waals surface area contributed by atoms with Gasteiger partial charge in [-0.05, 0) is 24.3 Å². The summed E-state index contributed by atoms with van der Waals surface area (Å²) in [6.07, 6.45) is 0. The maximum Gasteiger partial charge on any atom is 0.314 e. The van der Waals surface area contributed by atoms with Crippen molar-refractivity contribution in [3.63, 3.8) is 0 Å². The molecule has 0 aromatic heterocycles. The summed E-state index contributed by atoms with van der Waals surface area (Å²) in [5, 5.41) is 3.32. The van der Waals surface area contributed by atoms with Crippen molar-refractivity contribution < 1.29 is 26.4 Å². The number of nitrogens with one attached hydrogen (secondary N) is 4. The van der Waals surface area contributed by atoms with Crippen LogP contribution in [0.1, 0.15) is 0 Å². The second-order valence-electron chi connectivity index (χ2n) is 5.55. The van der Waals surface area contributed by atoms with Crippen LogP contribution >= 0.6 is 0 Å². The molecule has 0 spiro atoms. The van der Waals surface area contributed by atoms with Crippen molar-refractivity contribution in [2.45, 2.75) is 0 Å². The first kappa shape index (κ1) is 18.7. The molecule has 0 atom stereocenters. The van der Waals surface area contributed by atoms with Gasteiger partial charge in [-0.3, -0.25) is 19.0 Å². The van der Waals surface area contributed by atoms with Gasteiger partial charge >= 0.3 is 11.8 Å². The van der Waals surface area contributed by atoms with Crippen LogP contribution in [0.4, 0.5) is 22.7 Å². The number of rotatable bonds is 0. The van der Waals surface area contributed by atoms with Gasteiger partial charge in [-0.15, -0.1) is 0 Å². The number of carbonyl (C=O) groups is 2. The number of hydrogen-bond donors (Lipinski definition) is 4. The maximum atomic E-state index is 12.3. The lowest BCUT2D eigenvalue weighted by Gasteiger charge is -2.13. The van der Waals surface area contributed by atoms with E-state index in [1.165, 1.54) is 48.5 Å². The van der Waals surface area contributed by atoms with Crippen molar-refractivity contribution in [3.05, 3.63) is 48.5 Å². The van der Waals surface area contributed by atoms with Gasteiger partial charge in [0.15, 0.2) is 5.08 Å². The third-order valence-corrected chi connectivity index (χ3v) is 6.94. The van der Waals surface area contributed by atoms with E-state index < -0.39 is 36.9 Å². The lowest BCUT2D eigenvalue weighted by molar-refractivity contribution is -0.132. The first-order chi connectivity index (χ1) is 12.7. The molecule has 2 amide bonds. The topological polar surface area (TPSA) is 151 Å². The Balaban J connectivity index is 2.11. The molecular weight excluding hydrogens is 396 g/mol. The molecule has 0 saturated heterocycles. The highest BCUT2D eigenvalue weighted by Gasteiger charge is 2.26. The third kappa shape index (κ3) is 4.54. The summed E-state index contributed by atoms with van der Waals surface area (Å²) in [6.45, 7) is 0. The van der Waals surface area contributed by atoms with Gasteiger partial charge in [-0.2, -0.15) is 0 Å². The molecular formula is C15H14N4O6S2. The van der Waals surface area contributed by atoms with Gasteiger partial charge in [0.1, 0.15) is 0 Å². The summed E-state index contributed by atoms with van der Waals surface area (Å²) in [7, 11) is -8.67. The van der Waals surface area contributed by atoms with E-state index in [1.54, 1.807) is 0 Å². The minimum Gasteiger partial charge on any atom is -0.316 e. The first-order valence-electron chi connectivity index (χ1n) is 7.47. The zero-order valence-electron chi connectivity index (χ0n) is 13.6. The van der Waals surface area contributed by atoms with Crippen LogP contribution in [0.3, 0.4) is 0 Å². The second-order valence-corrected chi connectivity index (χ2v) is 9.36. The zero-order chi connectivity index (χ0) is 19.7. The second kappa shape index (κ2) is 6.89. The molecule has 0 unspecified atom stereocenters. The summed E-state index contributed by atoms with van der Waals surface area (Å²) in [4.78, 5) is 24.3. The maximum absolute atomic E-state index is 12.3. The zero-order valence-corrected chi connectivity index (χ0v) is 15.2. The number of benzene rings is 2. The van der Waals surface area contributed by atoms with Gasteiger partial charge in [0.25, 0.3) is 0 Å². The molecule has 2 aromatic rings. The van der Waals surface area contributed by atoms with Gasteiger partial charge < -0.3 is 10.6 Å². The Hall–Kier alpha value is -3.12. The predicted molar refractivity (Wildman–Crippen MR) is 100 cm³/mol. The van der Waals surface area contributed by atoms with E-state index in [0.717, 1.165) is 0 Å².